The highest BCUT2D eigenvalue weighted by Crippen LogP contribution is 2.32. The summed E-state index contributed by atoms with van der Waals surface area (Å²) in [6.07, 6.45) is -4.88. The van der Waals surface area contributed by atoms with E-state index in [0.29, 0.717) is 28.9 Å². The first-order valence-electron chi connectivity index (χ1n) is 6.61. The first-order valence-corrected chi connectivity index (χ1v) is 6.61. The van der Waals surface area contributed by atoms with Crippen molar-refractivity contribution in [3.63, 3.8) is 0 Å². The SMILES string of the molecule is Cc1ccc(CO)cc1NC(=O)c1ccc(F)c(C(F)(F)F)c1. The minimum absolute atomic E-state index is 0.238. The molecule has 7 heteroatoms. The molecule has 0 fully saturated rings. The first kappa shape index (κ1) is 17.0. The number of rotatable bonds is 3. The van der Waals surface area contributed by atoms with E-state index in [1.54, 1.807) is 19.1 Å². The summed E-state index contributed by atoms with van der Waals surface area (Å²) < 4.78 is 51.3. The quantitative estimate of drug-likeness (QED) is 0.840. The normalized spacial score (nSPS) is 11.4. The van der Waals surface area contributed by atoms with Crippen molar-refractivity contribution in [1.82, 2.24) is 0 Å². The monoisotopic (exact) mass is 327 g/mol. The molecule has 0 radical (unpaired) electrons. The minimum Gasteiger partial charge on any atom is -0.392 e. The Balaban J connectivity index is 2.32. The zero-order valence-electron chi connectivity index (χ0n) is 12.0. The maximum atomic E-state index is 13.2. The third kappa shape index (κ3) is 3.87. The number of hydrogen-bond acceptors (Lipinski definition) is 2. The summed E-state index contributed by atoms with van der Waals surface area (Å²) in [5.74, 6) is -2.24. The average Bonchev–Trinajstić information content (AvgIpc) is 2.48. The molecular weight excluding hydrogens is 314 g/mol. The van der Waals surface area contributed by atoms with E-state index in [4.69, 9.17) is 5.11 Å². The Morgan fingerprint density at radius 3 is 2.48 bits per heavy atom. The van der Waals surface area contributed by atoms with Crippen LogP contribution in [0.15, 0.2) is 36.4 Å². The molecular formula is C16H13F4NO2. The molecule has 0 bridgehead atoms. The molecule has 0 aromatic heterocycles. The first-order chi connectivity index (χ1) is 10.7. The van der Waals surface area contributed by atoms with E-state index in [2.05, 4.69) is 5.32 Å². The second-order valence-corrected chi connectivity index (χ2v) is 4.95. The maximum absolute atomic E-state index is 13.2. The Kier molecular flexibility index (Phi) is 4.70. The van der Waals surface area contributed by atoms with Crippen LogP contribution in [-0.2, 0) is 12.8 Å². The van der Waals surface area contributed by atoms with Gasteiger partial charge in [0.15, 0.2) is 0 Å². The van der Waals surface area contributed by atoms with Gasteiger partial charge in [-0.3, -0.25) is 4.79 Å². The predicted octanol–water partition coefficient (Wildman–Crippen LogP) is 3.90. The Morgan fingerprint density at radius 2 is 1.87 bits per heavy atom. The van der Waals surface area contributed by atoms with Gasteiger partial charge in [-0.05, 0) is 42.3 Å². The van der Waals surface area contributed by atoms with Crippen molar-refractivity contribution in [1.29, 1.82) is 0 Å². The topological polar surface area (TPSA) is 49.3 Å². The van der Waals surface area contributed by atoms with Crippen LogP contribution in [0.2, 0.25) is 0 Å². The van der Waals surface area contributed by atoms with E-state index in [-0.39, 0.29) is 12.2 Å². The number of hydrogen-bond donors (Lipinski definition) is 2. The number of carbonyl (C=O) groups is 1. The van der Waals surface area contributed by atoms with Crippen molar-refractivity contribution >= 4 is 11.6 Å². The number of aliphatic hydroxyl groups is 1. The van der Waals surface area contributed by atoms with Gasteiger partial charge in [0.25, 0.3) is 5.91 Å². The number of amides is 1. The fourth-order valence-corrected chi connectivity index (χ4v) is 1.98. The number of nitrogens with one attached hydrogen (secondary N) is 1. The summed E-state index contributed by atoms with van der Waals surface area (Å²) in [6.45, 7) is 1.46. The summed E-state index contributed by atoms with van der Waals surface area (Å²) in [5, 5.41) is 11.5. The third-order valence-corrected chi connectivity index (χ3v) is 3.27. The molecule has 0 spiro atoms. The van der Waals surface area contributed by atoms with Gasteiger partial charge in [-0.15, -0.1) is 0 Å². The van der Waals surface area contributed by atoms with Crippen molar-refractivity contribution in [2.45, 2.75) is 19.7 Å². The zero-order valence-corrected chi connectivity index (χ0v) is 12.0. The number of benzene rings is 2. The molecule has 2 N–H and O–H groups in total. The van der Waals surface area contributed by atoms with Gasteiger partial charge in [-0.25, -0.2) is 4.39 Å². The van der Waals surface area contributed by atoms with Crippen LogP contribution in [0.5, 0.6) is 0 Å². The largest absolute Gasteiger partial charge is 0.419 e. The molecule has 2 aromatic rings. The number of alkyl halides is 3. The predicted molar refractivity (Wildman–Crippen MR) is 76.5 cm³/mol. The number of carbonyl (C=O) groups excluding carboxylic acids is 1. The summed E-state index contributed by atoms with van der Waals surface area (Å²) >= 11 is 0. The zero-order chi connectivity index (χ0) is 17.2. The van der Waals surface area contributed by atoms with Gasteiger partial charge in [-0.2, -0.15) is 13.2 Å². The molecule has 0 aliphatic carbocycles. The summed E-state index contributed by atoms with van der Waals surface area (Å²) in [6, 6.07) is 6.88. The standard InChI is InChI=1S/C16H13F4NO2/c1-9-2-3-10(8-22)6-14(9)21-15(23)11-4-5-13(17)12(7-11)16(18,19)20/h2-7,22H,8H2,1H3,(H,21,23). The summed E-state index contributed by atoms with van der Waals surface area (Å²) in [7, 11) is 0. The Bertz CT molecular complexity index is 741. The maximum Gasteiger partial charge on any atom is 0.419 e. The molecule has 1 amide bonds. The van der Waals surface area contributed by atoms with E-state index in [0.717, 1.165) is 6.07 Å². The third-order valence-electron chi connectivity index (χ3n) is 3.27. The fourth-order valence-electron chi connectivity index (χ4n) is 1.98. The molecule has 0 aliphatic rings. The number of halogens is 4. The van der Waals surface area contributed by atoms with Crippen molar-refractivity contribution in [2.24, 2.45) is 0 Å². The van der Waals surface area contributed by atoms with Gasteiger partial charge in [0, 0.05) is 11.3 Å². The molecule has 2 aromatic carbocycles. The molecule has 3 nitrogen and oxygen atoms in total. The molecule has 0 saturated heterocycles. The van der Waals surface area contributed by atoms with Gasteiger partial charge in [0.1, 0.15) is 5.82 Å². The van der Waals surface area contributed by atoms with Crippen LogP contribution in [0, 0.1) is 12.7 Å². The minimum atomic E-state index is -4.88. The van der Waals surface area contributed by atoms with Crippen LogP contribution in [0.3, 0.4) is 0 Å². The van der Waals surface area contributed by atoms with Crippen LogP contribution in [0.25, 0.3) is 0 Å². The van der Waals surface area contributed by atoms with Crippen LogP contribution in [-0.4, -0.2) is 11.0 Å². The molecule has 0 saturated carbocycles. The van der Waals surface area contributed by atoms with Gasteiger partial charge >= 0.3 is 6.18 Å². The molecule has 0 aliphatic heterocycles. The van der Waals surface area contributed by atoms with E-state index in [1.807, 2.05) is 0 Å². The Morgan fingerprint density at radius 1 is 1.17 bits per heavy atom. The number of anilines is 1. The summed E-state index contributed by atoms with van der Waals surface area (Å²) in [5.41, 5.74) is -0.229. The Hall–Kier alpha value is -2.41. The second-order valence-electron chi connectivity index (χ2n) is 4.95. The lowest BCUT2D eigenvalue weighted by Crippen LogP contribution is -2.16. The van der Waals surface area contributed by atoms with Crippen LogP contribution >= 0.6 is 0 Å². The average molecular weight is 327 g/mol. The van der Waals surface area contributed by atoms with Crippen molar-refractivity contribution in [3.05, 3.63) is 64.5 Å². The fraction of sp³-hybridized carbons (Fsp3) is 0.188. The van der Waals surface area contributed by atoms with Crippen LogP contribution in [0.4, 0.5) is 23.2 Å². The van der Waals surface area contributed by atoms with E-state index in [1.165, 1.54) is 6.07 Å². The highest BCUT2D eigenvalue weighted by Gasteiger charge is 2.34. The van der Waals surface area contributed by atoms with Crippen LogP contribution in [0.1, 0.15) is 27.0 Å². The lowest BCUT2D eigenvalue weighted by molar-refractivity contribution is -0.140. The van der Waals surface area contributed by atoms with Crippen molar-refractivity contribution in [3.8, 4) is 0 Å². The molecule has 122 valence electrons. The van der Waals surface area contributed by atoms with E-state index >= 15 is 0 Å². The van der Waals surface area contributed by atoms with Gasteiger partial charge in [-0.1, -0.05) is 12.1 Å². The lowest BCUT2D eigenvalue weighted by Gasteiger charge is -2.12. The molecule has 0 unspecified atom stereocenters. The number of aliphatic hydroxyl groups excluding tert-OH is 1. The highest BCUT2D eigenvalue weighted by atomic mass is 19.4. The highest BCUT2D eigenvalue weighted by molar-refractivity contribution is 6.04. The van der Waals surface area contributed by atoms with E-state index in [9.17, 15) is 22.4 Å². The molecule has 0 atom stereocenters. The lowest BCUT2D eigenvalue weighted by atomic mass is 10.1. The molecule has 23 heavy (non-hydrogen) atoms. The second kappa shape index (κ2) is 6.37. The molecule has 2 rings (SSSR count). The van der Waals surface area contributed by atoms with Crippen LogP contribution < -0.4 is 5.32 Å². The Labute approximate surface area is 129 Å². The van der Waals surface area contributed by atoms with Crippen molar-refractivity contribution in [2.75, 3.05) is 5.32 Å². The van der Waals surface area contributed by atoms with Gasteiger partial charge < -0.3 is 10.4 Å². The smallest absolute Gasteiger partial charge is 0.392 e. The molecule has 0 heterocycles. The van der Waals surface area contributed by atoms with Gasteiger partial charge in [0.2, 0.25) is 0 Å². The van der Waals surface area contributed by atoms with Crippen molar-refractivity contribution < 1.29 is 27.5 Å². The summed E-state index contributed by atoms with van der Waals surface area (Å²) in [4.78, 5) is 12.1. The number of aryl methyl sites for hydroxylation is 1. The van der Waals surface area contributed by atoms with E-state index < -0.39 is 23.5 Å². The van der Waals surface area contributed by atoms with Gasteiger partial charge in [0.05, 0.1) is 12.2 Å².